The Balaban J connectivity index is 2.47. The monoisotopic (exact) mass is 247 g/mol. The van der Waals surface area contributed by atoms with Gasteiger partial charge in [0, 0.05) is 0 Å². The molecule has 0 bridgehead atoms. The Kier molecular flexibility index (Phi) is 3.43. The van der Waals surface area contributed by atoms with Gasteiger partial charge in [-0.2, -0.15) is 0 Å². The average molecular weight is 247 g/mol. The summed E-state index contributed by atoms with van der Waals surface area (Å²) >= 11 is 0. The first-order valence-electron chi connectivity index (χ1n) is 5.77. The molecule has 0 fully saturated rings. The first-order chi connectivity index (χ1) is 8.56. The van der Waals surface area contributed by atoms with Crippen LogP contribution in [0.15, 0.2) is 48.5 Å². The van der Waals surface area contributed by atoms with Crippen molar-refractivity contribution in [1.82, 2.24) is 5.32 Å². The van der Waals surface area contributed by atoms with Crippen LogP contribution in [0.3, 0.4) is 0 Å². The van der Waals surface area contributed by atoms with E-state index in [0.717, 1.165) is 11.1 Å². The smallest absolute Gasteiger partial charge is 0.123 e. The average Bonchev–Trinajstić information content (AvgIpc) is 2.39. The lowest BCUT2D eigenvalue weighted by Gasteiger charge is -2.30. The number of nitrogens with one attached hydrogen (secondary N) is 1. The highest BCUT2D eigenvalue weighted by Gasteiger charge is 2.26. The zero-order chi connectivity index (χ0) is 13.2. The lowest BCUT2D eigenvalue weighted by molar-refractivity contribution is 0.482. The van der Waals surface area contributed by atoms with E-state index in [2.05, 4.69) is 5.32 Å². The van der Waals surface area contributed by atoms with Crippen LogP contribution < -0.4 is 5.32 Å². The van der Waals surface area contributed by atoms with Gasteiger partial charge in [-0.05, 0) is 49.4 Å². The minimum Gasteiger partial charge on any atom is -0.307 e. The maximum Gasteiger partial charge on any atom is 0.123 e. The van der Waals surface area contributed by atoms with Gasteiger partial charge in [0.2, 0.25) is 0 Å². The van der Waals surface area contributed by atoms with Crippen molar-refractivity contribution in [3.05, 3.63) is 71.3 Å². The van der Waals surface area contributed by atoms with E-state index in [-0.39, 0.29) is 11.6 Å². The Morgan fingerprint density at radius 2 is 1.11 bits per heavy atom. The topological polar surface area (TPSA) is 12.0 Å². The lowest BCUT2D eigenvalue weighted by atomic mass is 9.85. The van der Waals surface area contributed by atoms with Gasteiger partial charge in [-0.3, -0.25) is 0 Å². The van der Waals surface area contributed by atoms with Crippen LogP contribution in [0.4, 0.5) is 8.78 Å². The SMILES string of the molecule is CNC(C)(c1ccc(F)cc1)c1ccc(F)cc1. The van der Waals surface area contributed by atoms with E-state index in [4.69, 9.17) is 0 Å². The summed E-state index contributed by atoms with van der Waals surface area (Å²) in [5.41, 5.74) is 1.39. The molecule has 0 heterocycles. The summed E-state index contributed by atoms with van der Waals surface area (Å²) in [5.74, 6) is -0.535. The molecule has 94 valence electrons. The van der Waals surface area contributed by atoms with Crippen molar-refractivity contribution in [2.24, 2.45) is 0 Å². The summed E-state index contributed by atoms with van der Waals surface area (Å²) in [7, 11) is 1.83. The molecule has 0 amide bonds. The van der Waals surface area contributed by atoms with Gasteiger partial charge in [-0.15, -0.1) is 0 Å². The van der Waals surface area contributed by atoms with Crippen LogP contribution in [0.2, 0.25) is 0 Å². The van der Waals surface area contributed by atoms with E-state index in [1.54, 1.807) is 24.3 Å². The minimum atomic E-state index is -0.471. The molecule has 0 aliphatic heterocycles. The van der Waals surface area contributed by atoms with Gasteiger partial charge >= 0.3 is 0 Å². The normalized spacial score (nSPS) is 11.6. The lowest BCUT2D eigenvalue weighted by Crippen LogP contribution is -2.37. The summed E-state index contributed by atoms with van der Waals surface area (Å²) < 4.78 is 25.9. The Bertz CT molecular complexity index is 472. The van der Waals surface area contributed by atoms with Crippen LogP contribution in [0.1, 0.15) is 18.1 Å². The van der Waals surface area contributed by atoms with Crippen molar-refractivity contribution in [2.75, 3.05) is 7.05 Å². The molecule has 0 radical (unpaired) electrons. The third-order valence-electron chi connectivity index (χ3n) is 3.34. The third kappa shape index (κ3) is 2.27. The predicted molar refractivity (Wildman–Crippen MR) is 68.3 cm³/mol. The molecule has 0 saturated carbocycles. The standard InChI is InChI=1S/C15H15F2N/c1-15(18-2,11-3-7-13(16)8-4-11)12-5-9-14(17)10-6-12/h3-10,18H,1-2H3. The van der Waals surface area contributed by atoms with Crippen molar-refractivity contribution in [2.45, 2.75) is 12.5 Å². The maximum atomic E-state index is 13.0. The van der Waals surface area contributed by atoms with Crippen molar-refractivity contribution >= 4 is 0 Å². The van der Waals surface area contributed by atoms with E-state index >= 15 is 0 Å². The molecule has 0 aromatic heterocycles. The highest BCUT2D eigenvalue weighted by molar-refractivity contribution is 5.37. The fraction of sp³-hybridized carbons (Fsp3) is 0.200. The molecule has 2 aromatic carbocycles. The first-order valence-corrected chi connectivity index (χ1v) is 5.77. The highest BCUT2D eigenvalue weighted by Crippen LogP contribution is 2.29. The molecule has 0 spiro atoms. The van der Waals surface area contributed by atoms with Gasteiger partial charge in [-0.1, -0.05) is 24.3 Å². The van der Waals surface area contributed by atoms with Gasteiger partial charge in [0.1, 0.15) is 11.6 Å². The second-order valence-electron chi connectivity index (χ2n) is 4.39. The Morgan fingerprint density at radius 1 is 0.778 bits per heavy atom. The molecule has 2 rings (SSSR count). The Labute approximate surface area is 105 Å². The van der Waals surface area contributed by atoms with E-state index in [9.17, 15) is 8.78 Å². The number of hydrogen-bond donors (Lipinski definition) is 1. The van der Waals surface area contributed by atoms with Crippen LogP contribution >= 0.6 is 0 Å². The maximum absolute atomic E-state index is 13.0. The van der Waals surface area contributed by atoms with Crippen LogP contribution in [-0.4, -0.2) is 7.05 Å². The van der Waals surface area contributed by atoms with Crippen LogP contribution in [0.5, 0.6) is 0 Å². The number of hydrogen-bond acceptors (Lipinski definition) is 1. The van der Waals surface area contributed by atoms with Crippen molar-refractivity contribution in [3.63, 3.8) is 0 Å². The van der Waals surface area contributed by atoms with Crippen molar-refractivity contribution in [1.29, 1.82) is 0 Å². The molecule has 0 atom stereocenters. The molecule has 3 heteroatoms. The summed E-state index contributed by atoms with van der Waals surface area (Å²) in [6.45, 7) is 1.98. The van der Waals surface area contributed by atoms with Gasteiger partial charge in [0.15, 0.2) is 0 Å². The molecule has 0 aliphatic rings. The van der Waals surface area contributed by atoms with Gasteiger partial charge in [0.05, 0.1) is 5.54 Å². The van der Waals surface area contributed by atoms with E-state index < -0.39 is 5.54 Å². The molecule has 1 nitrogen and oxygen atoms in total. The molecule has 0 saturated heterocycles. The number of halogens is 2. The molecular weight excluding hydrogens is 232 g/mol. The van der Waals surface area contributed by atoms with Gasteiger partial charge < -0.3 is 5.32 Å². The molecule has 0 aliphatic carbocycles. The Hall–Kier alpha value is -1.74. The zero-order valence-corrected chi connectivity index (χ0v) is 10.4. The van der Waals surface area contributed by atoms with Crippen molar-refractivity contribution in [3.8, 4) is 0 Å². The predicted octanol–water partition coefficient (Wildman–Crippen LogP) is 3.45. The fourth-order valence-corrected chi connectivity index (χ4v) is 2.02. The first kappa shape index (κ1) is 12.7. The summed E-state index contributed by atoms with van der Waals surface area (Å²) in [6, 6.07) is 12.6. The van der Waals surface area contributed by atoms with E-state index in [1.807, 2.05) is 14.0 Å². The summed E-state index contributed by atoms with van der Waals surface area (Å²) in [5, 5.41) is 3.21. The number of rotatable bonds is 3. The van der Waals surface area contributed by atoms with Crippen LogP contribution in [-0.2, 0) is 5.54 Å². The fourth-order valence-electron chi connectivity index (χ4n) is 2.02. The second kappa shape index (κ2) is 4.86. The quantitative estimate of drug-likeness (QED) is 0.876. The second-order valence-corrected chi connectivity index (χ2v) is 4.39. The molecular formula is C15H15F2N. The largest absolute Gasteiger partial charge is 0.307 e. The molecule has 1 N–H and O–H groups in total. The van der Waals surface area contributed by atoms with E-state index in [0.29, 0.717) is 0 Å². The van der Waals surface area contributed by atoms with Gasteiger partial charge in [0.25, 0.3) is 0 Å². The summed E-state index contributed by atoms with van der Waals surface area (Å²) in [4.78, 5) is 0. The number of benzene rings is 2. The molecule has 0 unspecified atom stereocenters. The van der Waals surface area contributed by atoms with Crippen LogP contribution in [0.25, 0.3) is 0 Å². The Morgan fingerprint density at radius 3 is 1.39 bits per heavy atom. The van der Waals surface area contributed by atoms with Crippen LogP contribution in [0, 0.1) is 11.6 Å². The van der Waals surface area contributed by atoms with Crippen molar-refractivity contribution < 1.29 is 8.78 Å². The molecule has 18 heavy (non-hydrogen) atoms. The van der Waals surface area contributed by atoms with E-state index in [1.165, 1.54) is 24.3 Å². The summed E-state index contributed by atoms with van der Waals surface area (Å²) in [6.07, 6.45) is 0. The zero-order valence-electron chi connectivity index (χ0n) is 10.4. The van der Waals surface area contributed by atoms with Gasteiger partial charge in [-0.25, -0.2) is 8.78 Å². The highest BCUT2D eigenvalue weighted by atomic mass is 19.1. The third-order valence-corrected chi connectivity index (χ3v) is 3.34. The minimum absolute atomic E-state index is 0.267. The molecule has 2 aromatic rings.